The maximum atomic E-state index is 10.6. The van der Waals surface area contributed by atoms with Gasteiger partial charge in [0.1, 0.15) is 5.75 Å². The van der Waals surface area contributed by atoms with Crippen molar-refractivity contribution >= 4 is 16.5 Å². The van der Waals surface area contributed by atoms with E-state index < -0.39 is 0 Å². The number of phenols is 1. The van der Waals surface area contributed by atoms with Crippen molar-refractivity contribution in [1.29, 1.82) is 0 Å². The Morgan fingerprint density at radius 1 is 1.23 bits per heavy atom. The Labute approximate surface area is 186 Å². The molecule has 0 spiro atoms. The second kappa shape index (κ2) is 7.31. The number of hydrogen-bond donors (Lipinski definition) is 1. The van der Waals surface area contributed by atoms with E-state index in [-0.39, 0.29) is 11.2 Å². The van der Waals surface area contributed by atoms with E-state index in [4.69, 9.17) is 4.74 Å². The summed E-state index contributed by atoms with van der Waals surface area (Å²) in [6.07, 6.45) is 10.2. The van der Waals surface area contributed by atoms with E-state index in [1.165, 1.54) is 17.8 Å². The van der Waals surface area contributed by atoms with Gasteiger partial charge in [0.05, 0.1) is 23.7 Å². The molecule has 4 atom stereocenters. The molecule has 0 radical (unpaired) electrons. The first-order valence-corrected chi connectivity index (χ1v) is 11.5. The quantitative estimate of drug-likeness (QED) is 0.630. The molecule has 8 heteroatoms. The highest BCUT2D eigenvalue weighted by atomic mass is 32.1. The molecule has 7 nitrogen and oxygen atoms in total. The number of rotatable bonds is 5. The Balaban J connectivity index is 1.37. The van der Waals surface area contributed by atoms with Crippen molar-refractivity contribution in [3.05, 3.63) is 36.9 Å². The van der Waals surface area contributed by atoms with Crippen molar-refractivity contribution in [3.8, 4) is 22.0 Å². The number of phenolic OH excluding ortho intramolecular Hbond substituents is 1. The molecule has 2 aliphatic rings. The van der Waals surface area contributed by atoms with Crippen LogP contribution in [-0.2, 0) is 4.74 Å². The summed E-state index contributed by atoms with van der Waals surface area (Å²) in [6.45, 7) is 4.77. The Kier molecular flexibility index (Phi) is 4.82. The van der Waals surface area contributed by atoms with Crippen LogP contribution < -0.4 is 4.90 Å². The Morgan fingerprint density at radius 2 is 2.06 bits per heavy atom. The number of hydrogen-bond acceptors (Lipinski definition) is 7. The van der Waals surface area contributed by atoms with Gasteiger partial charge in [0.2, 0.25) is 5.13 Å². The zero-order valence-corrected chi connectivity index (χ0v) is 19.3. The maximum absolute atomic E-state index is 10.6. The molecule has 164 valence electrons. The maximum Gasteiger partial charge on any atom is 0.208 e. The van der Waals surface area contributed by atoms with E-state index in [1.807, 2.05) is 30.0 Å². The van der Waals surface area contributed by atoms with Crippen LogP contribution in [-0.4, -0.2) is 51.2 Å². The van der Waals surface area contributed by atoms with Gasteiger partial charge in [-0.2, -0.15) is 0 Å². The lowest BCUT2D eigenvalue weighted by molar-refractivity contribution is 0.0116. The molecule has 0 amide bonds. The van der Waals surface area contributed by atoms with Crippen LogP contribution in [0.3, 0.4) is 0 Å². The summed E-state index contributed by atoms with van der Waals surface area (Å²) >= 11 is 1.53. The van der Waals surface area contributed by atoms with Crippen molar-refractivity contribution in [1.82, 2.24) is 19.7 Å². The molecule has 31 heavy (non-hydrogen) atoms. The van der Waals surface area contributed by atoms with Crippen LogP contribution in [0.15, 0.2) is 36.9 Å². The van der Waals surface area contributed by atoms with Gasteiger partial charge in [-0.25, -0.2) is 4.98 Å². The van der Waals surface area contributed by atoms with Gasteiger partial charge in [-0.3, -0.25) is 0 Å². The third-order valence-corrected chi connectivity index (χ3v) is 8.33. The average Bonchev–Trinajstić information content (AvgIpc) is 3.45. The zero-order valence-electron chi connectivity index (χ0n) is 18.4. The summed E-state index contributed by atoms with van der Waals surface area (Å²) in [4.78, 5) is 6.34. The third kappa shape index (κ3) is 3.51. The molecule has 2 fully saturated rings. The second-order valence-corrected chi connectivity index (χ2v) is 10.8. The van der Waals surface area contributed by atoms with Crippen LogP contribution >= 0.6 is 11.3 Å². The van der Waals surface area contributed by atoms with Crippen LogP contribution in [0.2, 0.25) is 0 Å². The smallest absolute Gasteiger partial charge is 0.208 e. The number of methoxy groups -OCH3 is 1. The van der Waals surface area contributed by atoms with Gasteiger partial charge in [-0.05, 0) is 48.6 Å². The van der Waals surface area contributed by atoms with Gasteiger partial charge < -0.3 is 19.3 Å². The molecule has 0 aliphatic heterocycles. The lowest BCUT2D eigenvalue weighted by Crippen LogP contribution is -2.44. The minimum Gasteiger partial charge on any atom is -0.507 e. The SMILES string of the molecule is CO[C@H]1C[C@@]2(C)C[C@H](N(C)c3nnc(-c4ccc(-n5ccnc5)cc4O)s3)C[C@]1(C)C2. The molecular formula is C23H29N5O2S. The summed E-state index contributed by atoms with van der Waals surface area (Å²) < 4.78 is 7.72. The van der Waals surface area contributed by atoms with Crippen molar-refractivity contribution in [2.24, 2.45) is 10.8 Å². The van der Waals surface area contributed by atoms with E-state index in [0.29, 0.717) is 23.1 Å². The molecule has 2 aromatic heterocycles. The van der Waals surface area contributed by atoms with E-state index in [1.54, 1.807) is 18.6 Å². The predicted octanol–water partition coefficient (Wildman–Crippen LogP) is 4.52. The highest BCUT2D eigenvalue weighted by Gasteiger charge is 2.56. The van der Waals surface area contributed by atoms with Crippen molar-refractivity contribution < 1.29 is 9.84 Å². The molecule has 3 aromatic rings. The molecule has 2 bridgehead atoms. The highest BCUT2D eigenvalue weighted by molar-refractivity contribution is 7.18. The lowest BCUT2D eigenvalue weighted by atomic mass is 9.68. The number of aromatic nitrogens is 4. The lowest BCUT2D eigenvalue weighted by Gasteiger charge is -2.44. The van der Waals surface area contributed by atoms with Crippen LogP contribution in [0.25, 0.3) is 16.3 Å². The molecule has 1 aromatic carbocycles. The van der Waals surface area contributed by atoms with Crippen molar-refractivity contribution in [2.75, 3.05) is 19.1 Å². The van der Waals surface area contributed by atoms with Crippen LogP contribution in [0.4, 0.5) is 5.13 Å². The van der Waals surface area contributed by atoms with E-state index in [0.717, 1.165) is 35.1 Å². The van der Waals surface area contributed by atoms with E-state index in [2.05, 4.69) is 41.0 Å². The minimum atomic E-state index is 0.190. The molecule has 1 N–H and O–H groups in total. The fourth-order valence-corrected chi connectivity index (χ4v) is 6.84. The number of aromatic hydroxyl groups is 1. The Bertz CT molecular complexity index is 1080. The van der Waals surface area contributed by atoms with Gasteiger partial charge in [-0.1, -0.05) is 25.2 Å². The van der Waals surface area contributed by atoms with E-state index >= 15 is 0 Å². The fraction of sp³-hybridized carbons (Fsp3) is 0.522. The van der Waals surface area contributed by atoms with Crippen LogP contribution in [0.1, 0.15) is 39.5 Å². The highest BCUT2D eigenvalue weighted by Crippen LogP contribution is 2.60. The van der Waals surface area contributed by atoms with Crippen LogP contribution in [0, 0.1) is 10.8 Å². The van der Waals surface area contributed by atoms with Gasteiger partial charge in [0.25, 0.3) is 0 Å². The second-order valence-electron chi connectivity index (χ2n) is 9.80. The Morgan fingerprint density at radius 3 is 2.77 bits per heavy atom. The number of anilines is 1. The molecule has 5 rings (SSSR count). The van der Waals surface area contributed by atoms with Crippen molar-refractivity contribution in [3.63, 3.8) is 0 Å². The summed E-state index contributed by atoms with van der Waals surface area (Å²) in [6, 6.07) is 5.98. The molecule has 2 aliphatic carbocycles. The first-order chi connectivity index (χ1) is 14.8. The molecule has 2 saturated carbocycles. The summed E-state index contributed by atoms with van der Waals surface area (Å²) in [5.74, 6) is 0.190. The number of imidazole rings is 1. The number of benzene rings is 1. The van der Waals surface area contributed by atoms with E-state index in [9.17, 15) is 5.11 Å². The predicted molar refractivity (Wildman–Crippen MR) is 122 cm³/mol. The first-order valence-electron chi connectivity index (χ1n) is 10.7. The molecule has 0 saturated heterocycles. The molecule has 2 heterocycles. The number of fused-ring (bicyclic) bond motifs is 2. The van der Waals surface area contributed by atoms with Gasteiger partial charge >= 0.3 is 0 Å². The Hall–Kier alpha value is -2.45. The van der Waals surface area contributed by atoms with Gasteiger partial charge in [-0.15, -0.1) is 10.2 Å². The standard InChI is InChI=1S/C23H29N5O2S/c1-22-10-16(11-23(2,13-22)19(12-22)30-4)27(3)21-26-25-20(31-21)17-6-5-15(9-18(17)29)28-8-7-24-14-28/h5-9,14,16,19,29H,10-13H2,1-4H3/t16-,19-,22+,23+/m0/s1. The first kappa shape index (κ1) is 20.5. The van der Waals surface area contributed by atoms with Crippen molar-refractivity contribution in [2.45, 2.75) is 51.7 Å². The monoisotopic (exact) mass is 439 g/mol. The largest absolute Gasteiger partial charge is 0.507 e. The van der Waals surface area contributed by atoms with Gasteiger partial charge in [0, 0.05) is 38.7 Å². The summed E-state index contributed by atoms with van der Waals surface area (Å²) in [7, 11) is 3.97. The number of ether oxygens (including phenoxy) is 1. The minimum absolute atomic E-state index is 0.190. The third-order valence-electron chi connectivity index (χ3n) is 7.28. The molecule has 0 unspecified atom stereocenters. The van der Waals surface area contributed by atoms with Gasteiger partial charge in [0.15, 0.2) is 5.01 Å². The summed E-state index contributed by atoms with van der Waals surface area (Å²) in [5.41, 5.74) is 2.06. The number of nitrogens with zero attached hydrogens (tertiary/aromatic N) is 5. The topological polar surface area (TPSA) is 76.3 Å². The normalized spacial score (nSPS) is 29.9. The average molecular weight is 440 g/mol. The molecular weight excluding hydrogens is 410 g/mol. The fourth-order valence-electron chi connectivity index (χ4n) is 5.93. The summed E-state index contributed by atoms with van der Waals surface area (Å²) in [5, 5.41) is 21.1. The zero-order chi connectivity index (χ0) is 21.8. The van der Waals surface area contributed by atoms with Crippen LogP contribution in [0.5, 0.6) is 5.75 Å².